The quantitative estimate of drug-likeness (QED) is 0.275. The summed E-state index contributed by atoms with van der Waals surface area (Å²) in [5.74, 6) is -1.09. The third kappa shape index (κ3) is 3.79. The molecule has 35 heavy (non-hydrogen) atoms. The molecule has 5 rings (SSSR count). The lowest BCUT2D eigenvalue weighted by Gasteiger charge is -2.31. The van der Waals surface area contributed by atoms with Gasteiger partial charge in [0, 0.05) is 17.6 Å². The lowest BCUT2D eigenvalue weighted by atomic mass is 9.86. The number of benzene rings is 2. The van der Waals surface area contributed by atoms with Crippen LogP contribution in [-0.4, -0.2) is 59.9 Å². The topological polar surface area (TPSA) is 135 Å². The Balaban J connectivity index is 1.47. The van der Waals surface area contributed by atoms with Crippen molar-refractivity contribution in [1.82, 2.24) is 9.80 Å². The number of ether oxygens (including phenoxy) is 3. The minimum Gasteiger partial charge on any atom is -0.468 e. The standard InChI is InChI=1S/C25H26N4O6/c1-13-20-21(22(28(13)11-19(30)33-2)15-4-6-16(7-5-15)23(26)27)25(32)29(24(20)31)10-14-3-8-17-18(9-14)35-12-34-17/h3-9,13,20-22H,10-12H2,1-2H3,(H3,26,27)/t13-,20-,21-,22-/m0/s1. The number of carbonyl (C=O) groups excluding carboxylic acids is 3. The first-order chi connectivity index (χ1) is 16.8. The maximum Gasteiger partial charge on any atom is 0.319 e. The molecule has 0 spiro atoms. The Morgan fingerprint density at radius 3 is 2.46 bits per heavy atom. The number of nitrogens with one attached hydrogen (secondary N) is 1. The molecule has 10 nitrogen and oxygen atoms in total. The van der Waals surface area contributed by atoms with Crippen LogP contribution in [0.1, 0.15) is 29.7 Å². The van der Waals surface area contributed by atoms with Gasteiger partial charge in [0.15, 0.2) is 11.5 Å². The fourth-order valence-corrected chi connectivity index (χ4v) is 5.37. The second kappa shape index (κ2) is 8.70. The number of methoxy groups -OCH3 is 1. The van der Waals surface area contributed by atoms with Crippen molar-refractivity contribution in [3.8, 4) is 11.5 Å². The van der Waals surface area contributed by atoms with Crippen molar-refractivity contribution in [2.45, 2.75) is 25.6 Å². The number of nitrogen functional groups attached to an aromatic ring is 1. The van der Waals surface area contributed by atoms with Gasteiger partial charge in [-0.3, -0.25) is 29.6 Å². The Morgan fingerprint density at radius 2 is 1.77 bits per heavy atom. The zero-order valence-electron chi connectivity index (χ0n) is 19.4. The second-order valence-electron chi connectivity index (χ2n) is 8.97. The van der Waals surface area contributed by atoms with E-state index in [1.807, 2.05) is 17.9 Å². The van der Waals surface area contributed by atoms with Gasteiger partial charge in [-0.05, 0) is 30.2 Å². The summed E-state index contributed by atoms with van der Waals surface area (Å²) in [7, 11) is 1.31. The van der Waals surface area contributed by atoms with E-state index in [0.29, 0.717) is 17.1 Å². The highest BCUT2D eigenvalue weighted by molar-refractivity contribution is 6.06. The third-order valence-electron chi connectivity index (χ3n) is 7.11. The lowest BCUT2D eigenvalue weighted by Crippen LogP contribution is -2.42. The van der Waals surface area contributed by atoms with Crippen LogP contribution >= 0.6 is 0 Å². The Kier molecular flexibility index (Phi) is 5.68. The molecule has 3 aliphatic rings. The fraction of sp³-hybridized carbons (Fsp3) is 0.360. The van der Waals surface area contributed by atoms with E-state index in [9.17, 15) is 14.4 Å². The first-order valence-electron chi connectivity index (χ1n) is 11.3. The first kappa shape index (κ1) is 22.9. The molecule has 3 heterocycles. The highest BCUT2D eigenvalue weighted by Gasteiger charge is 2.61. The fourth-order valence-electron chi connectivity index (χ4n) is 5.37. The van der Waals surface area contributed by atoms with Crippen molar-refractivity contribution in [3.63, 3.8) is 0 Å². The SMILES string of the molecule is COC(=O)CN1[C@@H](C)[C@@H]2C(=O)N(Cc3ccc4c(c3)OCO4)C(=O)[C@@H]2[C@@H]1c1ccc(C(=N)N)cc1. The Bertz CT molecular complexity index is 1210. The molecule has 2 aromatic carbocycles. The maximum absolute atomic E-state index is 13.7. The summed E-state index contributed by atoms with van der Waals surface area (Å²) in [4.78, 5) is 42.6. The summed E-state index contributed by atoms with van der Waals surface area (Å²) in [6.45, 7) is 2.08. The molecule has 0 radical (unpaired) electrons. The molecule has 0 aliphatic carbocycles. The number of amides is 2. The van der Waals surface area contributed by atoms with Gasteiger partial charge in [0.05, 0.1) is 32.0 Å². The third-order valence-corrected chi connectivity index (χ3v) is 7.11. The van der Waals surface area contributed by atoms with E-state index in [4.69, 9.17) is 25.4 Å². The van der Waals surface area contributed by atoms with Gasteiger partial charge in [0.25, 0.3) is 0 Å². The van der Waals surface area contributed by atoms with Crippen LogP contribution in [0.5, 0.6) is 11.5 Å². The van der Waals surface area contributed by atoms with E-state index >= 15 is 0 Å². The van der Waals surface area contributed by atoms with Gasteiger partial charge in [-0.25, -0.2) is 0 Å². The zero-order chi connectivity index (χ0) is 24.9. The summed E-state index contributed by atoms with van der Waals surface area (Å²) in [6, 6.07) is 11.5. The van der Waals surface area contributed by atoms with Gasteiger partial charge in [0.1, 0.15) is 5.84 Å². The molecule has 0 unspecified atom stereocenters. The molecular formula is C25H26N4O6. The van der Waals surface area contributed by atoms with Crippen molar-refractivity contribution < 1.29 is 28.6 Å². The maximum atomic E-state index is 13.7. The molecule has 0 aromatic heterocycles. The number of fused-ring (bicyclic) bond motifs is 2. The number of carbonyl (C=O) groups is 3. The smallest absolute Gasteiger partial charge is 0.319 e. The van der Waals surface area contributed by atoms with E-state index in [2.05, 4.69) is 0 Å². The number of nitrogens with zero attached hydrogens (tertiary/aromatic N) is 2. The molecule has 2 saturated heterocycles. The Hall–Kier alpha value is -3.92. The average Bonchev–Trinajstić information content (AvgIpc) is 3.50. The van der Waals surface area contributed by atoms with Crippen molar-refractivity contribution in [2.75, 3.05) is 20.4 Å². The second-order valence-corrected chi connectivity index (χ2v) is 8.97. The van der Waals surface area contributed by atoms with E-state index in [-0.39, 0.29) is 43.6 Å². The van der Waals surface area contributed by atoms with E-state index in [1.54, 1.807) is 36.4 Å². The average molecular weight is 479 g/mol. The van der Waals surface area contributed by atoms with E-state index < -0.39 is 23.8 Å². The molecule has 2 amide bonds. The van der Waals surface area contributed by atoms with E-state index in [1.165, 1.54) is 12.0 Å². The molecule has 182 valence electrons. The highest BCUT2D eigenvalue weighted by Crippen LogP contribution is 2.50. The number of rotatable bonds is 6. The highest BCUT2D eigenvalue weighted by atomic mass is 16.7. The van der Waals surface area contributed by atoms with Crippen molar-refractivity contribution in [3.05, 3.63) is 59.2 Å². The molecule has 3 aliphatic heterocycles. The van der Waals surface area contributed by atoms with Gasteiger partial charge in [-0.2, -0.15) is 0 Å². The number of nitrogens with two attached hydrogens (primary N) is 1. The number of hydrogen-bond donors (Lipinski definition) is 2. The monoisotopic (exact) mass is 478 g/mol. The van der Waals surface area contributed by atoms with E-state index in [0.717, 1.165) is 11.1 Å². The van der Waals surface area contributed by atoms with Gasteiger partial charge in [-0.15, -0.1) is 0 Å². The molecule has 3 N–H and O–H groups in total. The molecule has 4 atom stereocenters. The van der Waals surface area contributed by atoms with Crippen LogP contribution in [0.4, 0.5) is 0 Å². The normalized spacial score (nSPS) is 25.1. The molecule has 2 aromatic rings. The summed E-state index contributed by atoms with van der Waals surface area (Å²) >= 11 is 0. The molecular weight excluding hydrogens is 452 g/mol. The largest absolute Gasteiger partial charge is 0.468 e. The predicted octanol–water partition coefficient (Wildman–Crippen LogP) is 1.42. The number of amidine groups is 1. The van der Waals surface area contributed by atoms with Crippen LogP contribution in [0.2, 0.25) is 0 Å². The van der Waals surface area contributed by atoms with Crippen LogP contribution in [0.3, 0.4) is 0 Å². The molecule has 0 bridgehead atoms. The van der Waals surface area contributed by atoms with Gasteiger partial charge in [-0.1, -0.05) is 30.3 Å². The first-order valence-corrected chi connectivity index (χ1v) is 11.3. The molecule has 10 heteroatoms. The van der Waals surface area contributed by atoms with Crippen LogP contribution in [0.25, 0.3) is 0 Å². The summed E-state index contributed by atoms with van der Waals surface area (Å²) in [6.07, 6.45) is 0. The van der Waals surface area contributed by atoms with Crippen LogP contribution in [0.15, 0.2) is 42.5 Å². The van der Waals surface area contributed by atoms with Gasteiger partial charge in [0.2, 0.25) is 18.6 Å². The number of likely N-dealkylation sites (tertiary alicyclic amines) is 2. The lowest BCUT2D eigenvalue weighted by molar-refractivity contribution is -0.146. The number of esters is 1. The predicted molar refractivity (Wildman–Crippen MR) is 123 cm³/mol. The van der Waals surface area contributed by atoms with Crippen LogP contribution < -0.4 is 15.2 Å². The van der Waals surface area contributed by atoms with Gasteiger partial charge >= 0.3 is 5.97 Å². The minimum atomic E-state index is -0.653. The molecule has 2 fully saturated rings. The van der Waals surface area contributed by atoms with Crippen LogP contribution in [0, 0.1) is 17.2 Å². The van der Waals surface area contributed by atoms with Crippen molar-refractivity contribution >= 4 is 23.6 Å². The van der Waals surface area contributed by atoms with Crippen molar-refractivity contribution in [2.24, 2.45) is 17.6 Å². The zero-order valence-corrected chi connectivity index (χ0v) is 19.4. The minimum absolute atomic E-state index is 0.0491. The number of hydrogen-bond acceptors (Lipinski definition) is 8. The Labute approximate surface area is 202 Å². The van der Waals surface area contributed by atoms with Gasteiger partial charge < -0.3 is 19.9 Å². The summed E-state index contributed by atoms with van der Waals surface area (Å²) < 4.78 is 15.7. The number of imide groups is 1. The molecule has 0 saturated carbocycles. The summed E-state index contributed by atoms with van der Waals surface area (Å²) in [5, 5.41) is 7.64. The summed E-state index contributed by atoms with van der Waals surface area (Å²) in [5.41, 5.74) is 7.67. The Morgan fingerprint density at radius 1 is 1.09 bits per heavy atom. The van der Waals surface area contributed by atoms with Crippen LogP contribution in [-0.2, 0) is 25.7 Å². The van der Waals surface area contributed by atoms with Crippen molar-refractivity contribution in [1.29, 1.82) is 5.41 Å².